The summed E-state index contributed by atoms with van der Waals surface area (Å²) in [4.78, 5) is 37.5. The number of carbonyl (C=O) groups is 3. The molecule has 0 spiro atoms. The Hall–Kier alpha value is -3.12. The van der Waals surface area contributed by atoms with Gasteiger partial charge in [0.05, 0.1) is 6.54 Å². The molecule has 2 aromatic rings. The predicted molar refractivity (Wildman–Crippen MR) is 123 cm³/mol. The van der Waals surface area contributed by atoms with Gasteiger partial charge in [-0.3, -0.25) is 14.4 Å². The molecule has 32 heavy (non-hydrogen) atoms. The molecule has 2 amide bonds. The summed E-state index contributed by atoms with van der Waals surface area (Å²) in [6.45, 7) is 0.134. The Morgan fingerprint density at radius 1 is 1.06 bits per heavy atom. The molecule has 0 saturated carbocycles. The highest BCUT2D eigenvalue weighted by Gasteiger charge is 2.23. The molecule has 0 saturated heterocycles. The first-order valence-corrected chi connectivity index (χ1v) is 11.1. The van der Waals surface area contributed by atoms with Crippen LogP contribution in [-0.2, 0) is 25.5 Å². The van der Waals surface area contributed by atoms with Crippen molar-refractivity contribution in [3.63, 3.8) is 0 Å². The number of allylic oxidation sites excluding steroid dienone is 1. The van der Waals surface area contributed by atoms with Gasteiger partial charge in [0.25, 0.3) is 0 Å². The fraction of sp³-hybridized carbons (Fsp3) is 0.320. The highest BCUT2D eigenvalue weighted by atomic mass is 35.5. The molecule has 0 aromatic heterocycles. The summed E-state index contributed by atoms with van der Waals surface area (Å²) in [5.41, 5.74) is 1.80. The smallest absolute Gasteiger partial charge is 0.306 e. The molecule has 0 aliphatic carbocycles. The molecule has 3 rings (SSSR count). The Bertz CT molecular complexity index is 944. The van der Waals surface area contributed by atoms with Gasteiger partial charge in [0.1, 0.15) is 12.1 Å². The maximum atomic E-state index is 12.8. The first kappa shape index (κ1) is 23.5. The van der Waals surface area contributed by atoms with Crippen molar-refractivity contribution in [3.8, 4) is 0 Å². The fourth-order valence-corrected chi connectivity index (χ4v) is 3.51. The zero-order valence-corrected chi connectivity index (χ0v) is 18.5. The first-order chi connectivity index (χ1) is 15.5. The molecule has 2 N–H and O–H groups in total. The average Bonchev–Trinajstić information content (AvgIpc) is 2.80. The maximum absolute atomic E-state index is 12.8. The van der Waals surface area contributed by atoms with Gasteiger partial charge in [-0.1, -0.05) is 66.2 Å². The van der Waals surface area contributed by atoms with Gasteiger partial charge in [0, 0.05) is 17.9 Å². The van der Waals surface area contributed by atoms with Crippen molar-refractivity contribution in [1.82, 2.24) is 10.6 Å². The molecule has 168 valence electrons. The summed E-state index contributed by atoms with van der Waals surface area (Å²) in [5, 5.41) is 6.30. The van der Waals surface area contributed by atoms with Crippen molar-refractivity contribution >= 4 is 29.4 Å². The predicted octanol–water partition coefficient (Wildman–Crippen LogP) is 3.90. The number of amides is 2. The second kappa shape index (κ2) is 12.1. The summed E-state index contributed by atoms with van der Waals surface area (Å²) < 4.78 is 5.59. The third kappa shape index (κ3) is 7.54. The average molecular weight is 455 g/mol. The van der Waals surface area contributed by atoms with Crippen molar-refractivity contribution in [1.29, 1.82) is 0 Å². The third-order valence-corrected chi connectivity index (χ3v) is 5.42. The van der Waals surface area contributed by atoms with E-state index < -0.39 is 12.1 Å². The van der Waals surface area contributed by atoms with Gasteiger partial charge in [0.2, 0.25) is 11.8 Å². The molecular formula is C25H27ClN2O4. The number of rotatable bonds is 5. The second-order valence-electron chi connectivity index (χ2n) is 7.63. The molecular weight excluding hydrogens is 428 g/mol. The number of hydrogen-bond donors (Lipinski definition) is 2. The summed E-state index contributed by atoms with van der Waals surface area (Å²) in [6, 6.07) is 15.9. The molecule has 1 aliphatic heterocycles. The number of benzene rings is 2. The van der Waals surface area contributed by atoms with Gasteiger partial charge in [-0.2, -0.15) is 0 Å². The molecule has 1 aliphatic rings. The van der Waals surface area contributed by atoms with E-state index in [1.165, 1.54) is 0 Å². The van der Waals surface area contributed by atoms with Gasteiger partial charge < -0.3 is 15.4 Å². The van der Waals surface area contributed by atoms with Crippen LogP contribution in [0.5, 0.6) is 0 Å². The fourth-order valence-electron chi connectivity index (χ4n) is 3.39. The molecule has 0 fully saturated rings. The van der Waals surface area contributed by atoms with Crippen LogP contribution in [0.3, 0.4) is 0 Å². The highest BCUT2D eigenvalue weighted by Crippen LogP contribution is 2.18. The van der Waals surface area contributed by atoms with Gasteiger partial charge in [-0.15, -0.1) is 0 Å². The van der Waals surface area contributed by atoms with Gasteiger partial charge in [0.15, 0.2) is 0 Å². The SMILES string of the molecule is O=C(CCc1ccc(Cl)cc1)N[C@@H]1CC=CCCC(=O)O[C@H](c2ccccc2)CNC1=O. The topological polar surface area (TPSA) is 84.5 Å². The lowest BCUT2D eigenvalue weighted by Crippen LogP contribution is -2.47. The van der Waals surface area contributed by atoms with E-state index in [0.717, 1.165) is 11.1 Å². The lowest BCUT2D eigenvalue weighted by Gasteiger charge is -2.22. The van der Waals surface area contributed by atoms with Crippen molar-refractivity contribution < 1.29 is 19.1 Å². The minimum absolute atomic E-state index is 0.134. The molecule has 7 heteroatoms. The Morgan fingerprint density at radius 3 is 2.56 bits per heavy atom. The van der Waals surface area contributed by atoms with Crippen LogP contribution >= 0.6 is 11.6 Å². The molecule has 6 nitrogen and oxygen atoms in total. The molecule has 0 unspecified atom stereocenters. The Labute approximate surface area is 193 Å². The van der Waals surface area contributed by atoms with Crippen LogP contribution in [-0.4, -0.2) is 30.4 Å². The lowest BCUT2D eigenvalue weighted by atomic mass is 10.1. The molecule has 2 atom stereocenters. The van der Waals surface area contributed by atoms with E-state index in [4.69, 9.17) is 16.3 Å². The molecule has 2 aromatic carbocycles. The summed E-state index contributed by atoms with van der Waals surface area (Å²) in [7, 11) is 0. The minimum Gasteiger partial charge on any atom is -0.456 e. The molecule has 0 bridgehead atoms. The van der Waals surface area contributed by atoms with Crippen molar-refractivity contribution in [2.75, 3.05) is 6.54 Å². The number of cyclic esters (lactones) is 1. The monoisotopic (exact) mass is 454 g/mol. The van der Waals surface area contributed by atoms with Gasteiger partial charge in [-0.25, -0.2) is 0 Å². The van der Waals surface area contributed by atoms with E-state index in [-0.39, 0.29) is 37.2 Å². The van der Waals surface area contributed by atoms with E-state index in [2.05, 4.69) is 10.6 Å². The van der Waals surface area contributed by atoms with Gasteiger partial charge in [-0.05, 0) is 42.5 Å². The first-order valence-electron chi connectivity index (χ1n) is 10.7. The highest BCUT2D eigenvalue weighted by molar-refractivity contribution is 6.30. The van der Waals surface area contributed by atoms with Crippen LogP contribution in [0.2, 0.25) is 5.02 Å². The van der Waals surface area contributed by atoms with Crippen LogP contribution in [0.4, 0.5) is 0 Å². The van der Waals surface area contributed by atoms with Crippen LogP contribution < -0.4 is 10.6 Å². The Morgan fingerprint density at radius 2 is 1.81 bits per heavy atom. The van der Waals surface area contributed by atoms with Crippen molar-refractivity contribution in [3.05, 3.63) is 82.9 Å². The normalized spacial score (nSPS) is 19.8. The zero-order valence-electron chi connectivity index (χ0n) is 17.8. The van der Waals surface area contributed by atoms with Crippen LogP contribution in [0.15, 0.2) is 66.7 Å². The quantitative estimate of drug-likeness (QED) is 0.530. The largest absolute Gasteiger partial charge is 0.456 e. The number of hydrogen-bond acceptors (Lipinski definition) is 4. The number of halogens is 1. The zero-order chi connectivity index (χ0) is 22.8. The summed E-state index contributed by atoms with van der Waals surface area (Å²) >= 11 is 5.89. The lowest BCUT2D eigenvalue weighted by molar-refractivity contribution is -0.149. The molecule has 0 radical (unpaired) electrons. The Kier molecular flexibility index (Phi) is 8.87. The van der Waals surface area contributed by atoms with Crippen LogP contribution in [0.1, 0.15) is 42.9 Å². The van der Waals surface area contributed by atoms with E-state index in [0.29, 0.717) is 24.3 Å². The van der Waals surface area contributed by atoms with Gasteiger partial charge >= 0.3 is 5.97 Å². The van der Waals surface area contributed by atoms with E-state index >= 15 is 0 Å². The third-order valence-electron chi connectivity index (χ3n) is 5.17. The second-order valence-corrected chi connectivity index (χ2v) is 8.06. The standard InChI is InChI=1S/C25H27ClN2O4/c26-20-14-11-18(12-15-20)13-16-23(29)28-21-9-5-2-6-10-24(30)32-22(17-27-25(21)31)19-7-3-1-4-8-19/h1-5,7-8,11-12,14-15,21-22H,6,9-10,13,16-17H2,(H,27,31)(H,28,29)/t21-,22+/m1/s1. The number of ether oxygens (including phenoxy) is 1. The maximum Gasteiger partial charge on any atom is 0.306 e. The Balaban J connectivity index is 1.62. The van der Waals surface area contributed by atoms with E-state index in [1.807, 2.05) is 54.6 Å². The van der Waals surface area contributed by atoms with Crippen molar-refractivity contribution in [2.45, 2.75) is 44.2 Å². The molecule has 1 heterocycles. The summed E-state index contributed by atoms with van der Waals surface area (Å²) in [6.07, 6.45) is 5.00. The van der Waals surface area contributed by atoms with Crippen LogP contribution in [0.25, 0.3) is 0 Å². The number of esters is 1. The van der Waals surface area contributed by atoms with E-state index in [1.54, 1.807) is 12.1 Å². The number of carbonyl (C=O) groups excluding carboxylic acids is 3. The number of aryl methyl sites for hydroxylation is 1. The number of nitrogens with one attached hydrogen (secondary N) is 2. The van der Waals surface area contributed by atoms with Crippen LogP contribution in [0, 0.1) is 0 Å². The summed E-state index contributed by atoms with van der Waals surface area (Å²) in [5.74, 6) is -0.830. The van der Waals surface area contributed by atoms with E-state index in [9.17, 15) is 14.4 Å². The van der Waals surface area contributed by atoms with Crippen molar-refractivity contribution in [2.24, 2.45) is 0 Å². The minimum atomic E-state index is -0.699.